The molecule has 134 valence electrons. The van der Waals surface area contributed by atoms with Crippen LogP contribution in [0.3, 0.4) is 0 Å². The fourth-order valence-corrected chi connectivity index (χ4v) is 2.49. The molecule has 0 saturated carbocycles. The van der Waals surface area contributed by atoms with E-state index in [0.29, 0.717) is 0 Å². The minimum absolute atomic E-state index is 0. The van der Waals surface area contributed by atoms with Gasteiger partial charge in [-0.05, 0) is 31.2 Å². The summed E-state index contributed by atoms with van der Waals surface area (Å²) in [6.45, 7) is 2.09. The average Bonchev–Trinajstić information content (AvgIpc) is 2.99. The van der Waals surface area contributed by atoms with E-state index in [1.54, 1.807) is 12.1 Å². The Labute approximate surface area is 165 Å². The standard InChI is InChI=1S/C14H11N2.C6H5NO2.Pt/c1-11-10-12-6-2-3-7-13(12)16(11)14-8-4-5-9-15-14;8-6(9)5-3-1-2-4-7-5;/h2-6,8-10H,1H3;1-4H,(H,8,9);/q-1;;. The van der Waals surface area contributed by atoms with Crippen LogP contribution in [-0.2, 0) is 21.1 Å². The quantitative estimate of drug-likeness (QED) is 0.403. The number of benzene rings is 1. The van der Waals surface area contributed by atoms with Crippen LogP contribution in [0.15, 0.2) is 73.1 Å². The molecule has 3 heterocycles. The van der Waals surface area contributed by atoms with Crippen LogP contribution in [0, 0.1) is 13.0 Å². The van der Waals surface area contributed by atoms with Gasteiger partial charge in [-0.15, -0.1) is 5.39 Å². The average molecular weight is 525 g/mol. The molecule has 0 radical (unpaired) electrons. The van der Waals surface area contributed by atoms with E-state index < -0.39 is 5.97 Å². The second kappa shape index (κ2) is 9.07. The van der Waals surface area contributed by atoms with Crippen LogP contribution < -0.4 is 0 Å². The summed E-state index contributed by atoms with van der Waals surface area (Å²) in [4.78, 5) is 18.1. The van der Waals surface area contributed by atoms with E-state index in [0.717, 1.165) is 11.3 Å². The van der Waals surface area contributed by atoms with E-state index in [4.69, 9.17) is 5.11 Å². The number of para-hydroxylation sites is 1. The Hall–Kier alpha value is -2.78. The molecule has 0 unspecified atom stereocenters. The van der Waals surface area contributed by atoms with Crippen molar-refractivity contribution in [2.75, 3.05) is 0 Å². The molecule has 0 aliphatic heterocycles. The van der Waals surface area contributed by atoms with E-state index >= 15 is 0 Å². The number of aromatic carboxylic acids is 1. The first-order valence-electron chi connectivity index (χ1n) is 7.71. The van der Waals surface area contributed by atoms with E-state index in [1.807, 2.05) is 36.5 Å². The Bertz CT molecular complexity index is 986. The molecule has 3 aromatic heterocycles. The van der Waals surface area contributed by atoms with Crippen LogP contribution >= 0.6 is 0 Å². The van der Waals surface area contributed by atoms with Crippen molar-refractivity contribution in [2.24, 2.45) is 0 Å². The first kappa shape index (κ1) is 19.5. The number of aryl methyl sites for hydroxylation is 1. The second-order valence-corrected chi connectivity index (χ2v) is 5.30. The fourth-order valence-electron chi connectivity index (χ4n) is 2.49. The molecule has 0 bridgehead atoms. The number of hydrogen-bond acceptors (Lipinski definition) is 3. The van der Waals surface area contributed by atoms with Gasteiger partial charge in [0.1, 0.15) is 11.5 Å². The van der Waals surface area contributed by atoms with Gasteiger partial charge in [0.15, 0.2) is 0 Å². The molecule has 1 aromatic carbocycles. The van der Waals surface area contributed by atoms with Crippen LogP contribution in [0.25, 0.3) is 16.7 Å². The smallest absolute Gasteiger partial charge is 0.354 e. The largest absolute Gasteiger partial charge is 0.477 e. The molecule has 26 heavy (non-hydrogen) atoms. The monoisotopic (exact) mass is 525 g/mol. The van der Waals surface area contributed by atoms with Crippen LogP contribution in [0.2, 0.25) is 0 Å². The van der Waals surface area contributed by atoms with Gasteiger partial charge in [0, 0.05) is 39.2 Å². The molecule has 4 aromatic rings. The van der Waals surface area contributed by atoms with Crippen molar-refractivity contribution >= 4 is 16.9 Å². The van der Waals surface area contributed by atoms with Gasteiger partial charge in [-0.2, -0.15) is 24.3 Å². The summed E-state index contributed by atoms with van der Waals surface area (Å²) in [6, 6.07) is 22.1. The molecule has 0 aliphatic rings. The van der Waals surface area contributed by atoms with Crippen molar-refractivity contribution in [1.29, 1.82) is 0 Å². The van der Waals surface area contributed by atoms with Crippen molar-refractivity contribution < 1.29 is 31.0 Å². The maximum absolute atomic E-state index is 10.1. The third-order valence-corrected chi connectivity index (χ3v) is 3.57. The van der Waals surface area contributed by atoms with Gasteiger partial charge < -0.3 is 9.67 Å². The molecular formula is C20H16N3O2Pt-. The fraction of sp³-hybridized carbons (Fsp3) is 0.0500. The van der Waals surface area contributed by atoms with Crippen LogP contribution in [0.4, 0.5) is 0 Å². The van der Waals surface area contributed by atoms with Crippen molar-refractivity contribution in [1.82, 2.24) is 14.5 Å². The van der Waals surface area contributed by atoms with E-state index in [2.05, 4.69) is 39.7 Å². The number of aromatic nitrogens is 3. The molecule has 1 N–H and O–H groups in total. The van der Waals surface area contributed by atoms with Gasteiger partial charge in [0.25, 0.3) is 0 Å². The van der Waals surface area contributed by atoms with Crippen LogP contribution in [-0.4, -0.2) is 25.6 Å². The summed E-state index contributed by atoms with van der Waals surface area (Å²) in [5, 5.41) is 9.52. The van der Waals surface area contributed by atoms with Crippen molar-refractivity contribution in [3.05, 3.63) is 90.5 Å². The van der Waals surface area contributed by atoms with Gasteiger partial charge in [-0.1, -0.05) is 23.7 Å². The Kier molecular flexibility index (Phi) is 6.81. The van der Waals surface area contributed by atoms with Gasteiger partial charge >= 0.3 is 5.97 Å². The summed E-state index contributed by atoms with van der Waals surface area (Å²) in [6.07, 6.45) is 3.26. The summed E-state index contributed by atoms with van der Waals surface area (Å²) in [5.74, 6) is -0.0481. The zero-order chi connectivity index (χ0) is 17.6. The first-order chi connectivity index (χ1) is 12.2. The van der Waals surface area contributed by atoms with E-state index in [1.165, 1.54) is 23.3 Å². The minimum Gasteiger partial charge on any atom is -0.477 e. The van der Waals surface area contributed by atoms with E-state index in [-0.39, 0.29) is 26.8 Å². The van der Waals surface area contributed by atoms with Crippen LogP contribution in [0.1, 0.15) is 16.2 Å². The first-order valence-corrected chi connectivity index (χ1v) is 7.71. The molecule has 0 saturated heterocycles. The normalized spacial score (nSPS) is 9.73. The van der Waals surface area contributed by atoms with Crippen LogP contribution in [0.5, 0.6) is 0 Å². The molecule has 0 amide bonds. The zero-order valence-corrected chi connectivity index (χ0v) is 16.2. The summed E-state index contributed by atoms with van der Waals surface area (Å²) in [5.41, 5.74) is 2.34. The van der Waals surface area contributed by atoms with Gasteiger partial charge in [0.05, 0.1) is 0 Å². The summed E-state index contributed by atoms with van der Waals surface area (Å²) in [7, 11) is 0. The van der Waals surface area contributed by atoms with Crippen molar-refractivity contribution in [2.45, 2.75) is 6.92 Å². The van der Waals surface area contributed by atoms with E-state index in [9.17, 15) is 4.79 Å². The maximum Gasteiger partial charge on any atom is 0.354 e. The van der Waals surface area contributed by atoms with Gasteiger partial charge in [-0.25, -0.2) is 14.8 Å². The number of carbonyl (C=O) groups is 1. The Morgan fingerprint density at radius 2 is 1.77 bits per heavy atom. The second-order valence-electron chi connectivity index (χ2n) is 5.30. The number of nitrogens with zero attached hydrogens (tertiary/aromatic N) is 3. The molecule has 0 atom stereocenters. The Balaban J connectivity index is 0.000000210. The Morgan fingerprint density at radius 1 is 1.04 bits per heavy atom. The molecule has 5 nitrogen and oxygen atoms in total. The molecule has 4 rings (SSSR count). The van der Waals surface area contributed by atoms with Gasteiger partial charge in [-0.3, -0.25) is 0 Å². The Morgan fingerprint density at radius 3 is 2.35 bits per heavy atom. The number of fused-ring (bicyclic) bond motifs is 1. The predicted octanol–water partition coefficient (Wildman–Crippen LogP) is 3.91. The number of hydrogen-bond donors (Lipinski definition) is 1. The van der Waals surface area contributed by atoms with Crippen molar-refractivity contribution in [3.8, 4) is 5.82 Å². The topological polar surface area (TPSA) is 68.0 Å². The number of carboxylic acids is 1. The molecular weight excluding hydrogens is 509 g/mol. The third-order valence-electron chi connectivity index (χ3n) is 3.57. The number of rotatable bonds is 2. The van der Waals surface area contributed by atoms with Crippen molar-refractivity contribution in [3.63, 3.8) is 0 Å². The molecule has 6 heteroatoms. The molecule has 0 spiro atoms. The zero-order valence-electron chi connectivity index (χ0n) is 13.9. The minimum atomic E-state index is -0.990. The predicted molar refractivity (Wildman–Crippen MR) is 95.8 cm³/mol. The number of pyridine rings is 2. The third kappa shape index (κ3) is 4.44. The number of carboxylic acid groups (broad SMARTS) is 1. The maximum atomic E-state index is 10.1. The SMILES string of the molecule is Cc1cc2ccc[c-]c2n1-c1ccccn1.O=C(O)c1ccccn1.[Pt]. The molecule has 0 fully saturated rings. The molecule has 0 aliphatic carbocycles. The van der Waals surface area contributed by atoms with Gasteiger partial charge in [0.2, 0.25) is 0 Å². The summed E-state index contributed by atoms with van der Waals surface area (Å²) < 4.78 is 2.12. The summed E-state index contributed by atoms with van der Waals surface area (Å²) >= 11 is 0.